The van der Waals surface area contributed by atoms with Gasteiger partial charge >= 0.3 is 6.36 Å². The summed E-state index contributed by atoms with van der Waals surface area (Å²) in [6.45, 7) is 7.87. The van der Waals surface area contributed by atoms with Crippen molar-refractivity contribution in [2.75, 3.05) is 18.4 Å². The van der Waals surface area contributed by atoms with Crippen molar-refractivity contribution >= 4 is 21.7 Å². The van der Waals surface area contributed by atoms with E-state index in [4.69, 9.17) is 0 Å². The van der Waals surface area contributed by atoms with Gasteiger partial charge in [0, 0.05) is 31.1 Å². The third-order valence-electron chi connectivity index (χ3n) is 5.22. The molecule has 12 heteroatoms. The Morgan fingerprint density at radius 2 is 1.79 bits per heavy atom. The maximum absolute atomic E-state index is 12.9. The highest BCUT2D eigenvalue weighted by molar-refractivity contribution is 7.89. The van der Waals surface area contributed by atoms with Gasteiger partial charge in [-0.3, -0.25) is 4.79 Å². The molecule has 1 fully saturated rings. The van der Waals surface area contributed by atoms with Crippen LogP contribution in [-0.2, 0) is 20.4 Å². The average molecular weight is 489 g/mol. The van der Waals surface area contributed by atoms with Gasteiger partial charge in [-0.05, 0) is 52.7 Å². The molecule has 182 valence electrons. The smallest absolute Gasteiger partial charge is 0.406 e. The molecule has 2 heterocycles. The van der Waals surface area contributed by atoms with Crippen LogP contribution in [0.25, 0.3) is 0 Å². The monoisotopic (exact) mass is 488 g/mol. The fraction of sp³-hybridized carbons (Fsp3) is 0.524. The Hall–Kier alpha value is -2.60. The number of ether oxygens (including phenoxy) is 1. The van der Waals surface area contributed by atoms with Gasteiger partial charge in [0.15, 0.2) is 0 Å². The van der Waals surface area contributed by atoms with Crippen molar-refractivity contribution in [3.8, 4) is 5.75 Å². The van der Waals surface area contributed by atoms with E-state index in [1.54, 1.807) is 10.7 Å². The predicted molar refractivity (Wildman–Crippen MR) is 115 cm³/mol. The van der Waals surface area contributed by atoms with Crippen molar-refractivity contribution < 1.29 is 31.1 Å². The van der Waals surface area contributed by atoms with E-state index in [2.05, 4.69) is 15.2 Å². The molecule has 0 spiro atoms. The summed E-state index contributed by atoms with van der Waals surface area (Å²) in [7, 11) is -4.03. The van der Waals surface area contributed by atoms with E-state index in [1.807, 2.05) is 27.7 Å². The molecule has 1 saturated heterocycles. The molecule has 1 aromatic heterocycles. The van der Waals surface area contributed by atoms with Gasteiger partial charge in [0.05, 0.1) is 16.1 Å². The van der Waals surface area contributed by atoms with E-state index in [0.29, 0.717) is 5.82 Å². The Morgan fingerprint density at radius 1 is 1.15 bits per heavy atom. The summed E-state index contributed by atoms with van der Waals surface area (Å²) in [4.78, 5) is 12.5. The third kappa shape index (κ3) is 6.05. The van der Waals surface area contributed by atoms with Crippen LogP contribution in [0.5, 0.6) is 5.75 Å². The van der Waals surface area contributed by atoms with Crippen molar-refractivity contribution in [3.05, 3.63) is 36.0 Å². The van der Waals surface area contributed by atoms with E-state index >= 15 is 0 Å². The highest BCUT2D eigenvalue weighted by atomic mass is 32.2. The van der Waals surface area contributed by atoms with Crippen LogP contribution in [0.4, 0.5) is 19.0 Å². The zero-order chi connectivity index (χ0) is 24.6. The minimum Gasteiger partial charge on any atom is -0.406 e. The third-order valence-corrected chi connectivity index (χ3v) is 7.11. The van der Waals surface area contributed by atoms with Crippen molar-refractivity contribution in [2.45, 2.75) is 57.3 Å². The number of halogens is 3. The van der Waals surface area contributed by atoms with Gasteiger partial charge in [0.25, 0.3) is 0 Å². The number of anilines is 1. The molecule has 1 aliphatic rings. The minimum atomic E-state index is -4.92. The summed E-state index contributed by atoms with van der Waals surface area (Å²) in [5.74, 6) is -0.664. The molecule has 1 amide bonds. The number of aryl methyl sites for hydroxylation is 1. The summed E-state index contributed by atoms with van der Waals surface area (Å²) in [6.07, 6.45) is -4.35. The summed E-state index contributed by atoms with van der Waals surface area (Å²) >= 11 is 0. The Balaban J connectivity index is 1.66. The number of piperidine rings is 1. The van der Waals surface area contributed by atoms with E-state index in [1.165, 1.54) is 16.4 Å². The van der Waals surface area contributed by atoms with Crippen LogP contribution in [0, 0.1) is 12.8 Å². The van der Waals surface area contributed by atoms with Gasteiger partial charge in [-0.2, -0.15) is 9.40 Å². The first kappa shape index (κ1) is 25.0. The van der Waals surface area contributed by atoms with Crippen LogP contribution in [0.15, 0.2) is 35.2 Å². The van der Waals surface area contributed by atoms with Crippen molar-refractivity contribution in [1.29, 1.82) is 0 Å². The summed E-state index contributed by atoms with van der Waals surface area (Å²) in [5, 5.41) is 7.31. The summed E-state index contributed by atoms with van der Waals surface area (Å²) in [5.41, 5.74) is 0.427. The van der Waals surface area contributed by atoms with Crippen LogP contribution in [0.1, 0.15) is 39.3 Å². The second kappa shape index (κ2) is 8.98. The number of rotatable bonds is 5. The number of alkyl halides is 3. The highest BCUT2D eigenvalue weighted by Crippen LogP contribution is 2.29. The molecule has 0 radical (unpaired) electrons. The van der Waals surface area contributed by atoms with E-state index in [9.17, 15) is 26.4 Å². The second-order valence-corrected chi connectivity index (χ2v) is 10.9. The highest BCUT2D eigenvalue weighted by Gasteiger charge is 2.34. The fourth-order valence-corrected chi connectivity index (χ4v) is 5.17. The lowest BCUT2D eigenvalue weighted by Gasteiger charge is -2.31. The maximum atomic E-state index is 12.9. The number of carbonyl (C=O) groups excluding carboxylic acids is 1. The molecule has 33 heavy (non-hydrogen) atoms. The van der Waals surface area contributed by atoms with Crippen LogP contribution >= 0.6 is 0 Å². The topological polar surface area (TPSA) is 93.5 Å². The van der Waals surface area contributed by atoms with E-state index < -0.39 is 28.1 Å². The maximum Gasteiger partial charge on any atom is 0.573 e. The number of nitrogens with zero attached hydrogens (tertiary/aromatic N) is 3. The molecule has 1 N–H and O–H groups in total. The number of hydrogen-bond donors (Lipinski definition) is 1. The largest absolute Gasteiger partial charge is 0.573 e. The van der Waals surface area contributed by atoms with Crippen LogP contribution < -0.4 is 10.1 Å². The van der Waals surface area contributed by atoms with Gasteiger partial charge < -0.3 is 10.1 Å². The molecular weight excluding hydrogens is 461 g/mol. The number of benzene rings is 1. The first-order valence-electron chi connectivity index (χ1n) is 10.4. The average Bonchev–Trinajstić information content (AvgIpc) is 3.07. The summed E-state index contributed by atoms with van der Waals surface area (Å²) < 4.78 is 69.9. The van der Waals surface area contributed by atoms with Gasteiger partial charge in [-0.1, -0.05) is 6.07 Å². The molecule has 0 unspecified atom stereocenters. The number of nitrogens with one attached hydrogen (secondary N) is 1. The molecule has 0 saturated carbocycles. The number of sulfonamides is 1. The molecule has 3 rings (SSSR count). The molecular formula is C21H27F3N4O4S. The molecule has 1 aromatic carbocycles. The predicted octanol–water partition coefficient (Wildman–Crippen LogP) is 3.88. The SMILES string of the molecule is Cc1cc(NC(=O)C2CCN(S(=O)(=O)c3cccc(OC(F)(F)F)c3)CC2)n(C(C)(C)C)n1. The molecule has 0 bridgehead atoms. The Labute approximate surface area is 190 Å². The van der Waals surface area contributed by atoms with Crippen molar-refractivity contribution in [1.82, 2.24) is 14.1 Å². The quantitative estimate of drug-likeness (QED) is 0.689. The van der Waals surface area contributed by atoms with Crippen LogP contribution in [0.3, 0.4) is 0 Å². The summed E-state index contributed by atoms with van der Waals surface area (Å²) in [6, 6.07) is 6.06. The standard InChI is InChI=1S/C21H27F3N4O4S/c1-14-12-18(28(26-14)20(2,3)4)25-19(29)15-8-10-27(11-9-15)33(30,31)17-7-5-6-16(13-17)32-21(22,23)24/h5-7,12-13,15H,8-11H2,1-4H3,(H,25,29). The van der Waals surface area contributed by atoms with E-state index in [-0.39, 0.29) is 42.3 Å². The first-order chi connectivity index (χ1) is 15.2. The lowest BCUT2D eigenvalue weighted by Crippen LogP contribution is -2.41. The van der Waals surface area contributed by atoms with Gasteiger partial charge in [-0.25, -0.2) is 13.1 Å². The normalized spacial score (nSPS) is 16.6. The first-order valence-corrected chi connectivity index (χ1v) is 11.8. The lowest BCUT2D eigenvalue weighted by molar-refractivity contribution is -0.274. The van der Waals surface area contributed by atoms with Crippen molar-refractivity contribution in [2.24, 2.45) is 5.92 Å². The molecule has 1 aliphatic heterocycles. The molecule has 2 aromatic rings. The molecule has 0 aliphatic carbocycles. The molecule has 0 atom stereocenters. The van der Waals surface area contributed by atoms with Gasteiger partial charge in [0.1, 0.15) is 11.6 Å². The molecule has 8 nitrogen and oxygen atoms in total. The Morgan fingerprint density at radius 3 is 2.36 bits per heavy atom. The zero-order valence-corrected chi connectivity index (χ0v) is 19.6. The van der Waals surface area contributed by atoms with Crippen LogP contribution in [-0.4, -0.2) is 47.9 Å². The fourth-order valence-electron chi connectivity index (χ4n) is 3.67. The van der Waals surface area contributed by atoms with Gasteiger partial charge in [-0.15, -0.1) is 13.2 Å². The second-order valence-electron chi connectivity index (χ2n) is 8.94. The van der Waals surface area contributed by atoms with Gasteiger partial charge in [0.2, 0.25) is 15.9 Å². The number of hydrogen-bond acceptors (Lipinski definition) is 5. The zero-order valence-electron chi connectivity index (χ0n) is 18.8. The number of amides is 1. The van der Waals surface area contributed by atoms with Crippen molar-refractivity contribution in [3.63, 3.8) is 0 Å². The number of carbonyl (C=O) groups is 1. The van der Waals surface area contributed by atoms with Crippen LogP contribution in [0.2, 0.25) is 0 Å². The number of aromatic nitrogens is 2. The Kier molecular flexibility index (Phi) is 6.81. The van der Waals surface area contributed by atoms with E-state index in [0.717, 1.165) is 17.8 Å². The minimum absolute atomic E-state index is 0.0718. The Bertz CT molecular complexity index is 1120. The lowest BCUT2D eigenvalue weighted by atomic mass is 9.97.